The van der Waals surface area contributed by atoms with Gasteiger partial charge in [-0.25, -0.2) is 5.43 Å². The summed E-state index contributed by atoms with van der Waals surface area (Å²) in [4.78, 5) is 15.9. The number of fused-ring (bicyclic) bond motifs is 1. The standard InChI is InChI=1S/C23H17N5O2/c29-22-11-10-19(26-27-21-9-3-6-16-5-1-2-8-20(16)21)13-18(22)15-25-28-23(30)17-7-4-12-24-14-17/h1-15,29H,(H,28,30). The van der Waals surface area contributed by atoms with Crippen LogP contribution in [0.25, 0.3) is 10.8 Å². The zero-order valence-electron chi connectivity index (χ0n) is 15.8. The summed E-state index contributed by atoms with van der Waals surface area (Å²) < 4.78 is 0. The summed E-state index contributed by atoms with van der Waals surface area (Å²) in [7, 11) is 0. The van der Waals surface area contributed by atoms with Crippen molar-refractivity contribution >= 4 is 34.3 Å². The Morgan fingerprint density at radius 3 is 2.70 bits per heavy atom. The number of aromatic nitrogens is 1. The van der Waals surface area contributed by atoms with Crippen LogP contribution in [0.5, 0.6) is 5.75 Å². The molecule has 0 aliphatic rings. The molecule has 4 aromatic rings. The highest BCUT2D eigenvalue weighted by atomic mass is 16.3. The monoisotopic (exact) mass is 395 g/mol. The summed E-state index contributed by atoms with van der Waals surface area (Å²) >= 11 is 0. The number of pyridine rings is 1. The number of carbonyl (C=O) groups is 1. The number of aromatic hydroxyl groups is 1. The predicted molar refractivity (Wildman–Crippen MR) is 116 cm³/mol. The summed E-state index contributed by atoms with van der Waals surface area (Å²) in [6.45, 7) is 0. The van der Waals surface area contributed by atoms with Gasteiger partial charge in [-0.3, -0.25) is 9.78 Å². The largest absolute Gasteiger partial charge is 0.507 e. The van der Waals surface area contributed by atoms with Gasteiger partial charge in [-0.2, -0.15) is 10.2 Å². The minimum atomic E-state index is -0.398. The van der Waals surface area contributed by atoms with Gasteiger partial charge < -0.3 is 5.11 Å². The first kappa shape index (κ1) is 18.9. The Balaban J connectivity index is 1.51. The fourth-order valence-electron chi connectivity index (χ4n) is 2.84. The lowest BCUT2D eigenvalue weighted by molar-refractivity contribution is 0.0954. The SMILES string of the molecule is O=C(NN=Cc1cc(N=Nc2cccc3ccccc23)ccc1O)c1cccnc1. The lowest BCUT2D eigenvalue weighted by atomic mass is 10.1. The molecule has 0 unspecified atom stereocenters. The van der Waals surface area contributed by atoms with Crippen molar-refractivity contribution in [3.05, 3.63) is 96.3 Å². The molecule has 30 heavy (non-hydrogen) atoms. The molecule has 7 heteroatoms. The molecule has 1 heterocycles. The number of benzene rings is 3. The van der Waals surface area contributed by atoms with Crippen LogP contribution >= 0.6 is 0 Å². The van der Waals surface area contributed by atoms with E-state index in [1.165, 1.54) is 18.5 Å². The van der Waals surface area contributed by atoms with Crippen molar-refractivity contribution in [1.29, 1.82) is 0 Å². The first-order valence-corrected chi connectivity index (χ1v) is 9.17. The summed E-state index contributed by atoms with van der Waals surface area (Å²) in [6, 6.07) is 21.8. The van der Waals surface area contributed by atoms with Gasteiger partial charge in [0.2, 0.25) is 0 Å². The van der Waals surface area contributed by atoms with Crippen LogP contribution in [-0.2, 0) is 0 Å². The van der Waals surface area contributed by atoms with E-state index in [2.05, 4.69) is 25.7 Å². The van der Waals surface area contributed by atoms with Crippen LogP contribution < -0.4 is 5.43 Å². The molecule has 0 bridgehead atoms. The maximum absolute atomic E-state index is 12.0. The Morgan fingerprint density at radius 1 is 0.967 bits per heavy atom. The van der Waals surface area contributed by atoms with Gasteiger partial charge in [0.15, 0.2) is 0 Å². The van der Waals surface area contributed by atoms with E-state index in [1.807, 2.05) is 42.5 Å². The number of hydrogen-bond donors (Lipinski definition) is 2. The van der Waals surface area contributed by atoms with E-state index in [9.17, 15) is 9.90 Å². The van der Waals surface area contributed by atoms with Gasteiger partial charge >= 0.3 is 0 Å². The molecule has 4 rings (SSSR count). The highest BCUT2D eigenvalue weighted by Gasteiger charge is 2.04. The van der Waals surface area contributed by atoms with E-state index in [0.29, 0.717) is 16.8 Å². The molecule has 3 aromatic carbocycles. The average molecular weight is 395 g/mol. The molecule has 7 nitrogen and oxygen atoms in total. The molecule has 0 aliphatic carbocycles. The van der Waals surface area contributed by atoms with E-state index in [0.717, 1.165) is 16.5 Å². The molecule has 0 fully saturated rings. The van der Waals surface area contributed by atoms with Crippen molar-refractivity contribution in [2.24, 2.45) is 15.3 Å². The number of rotatable bonds is 5. The van der Waals surface area contributed by atoms with Crippen LogP contribution in [-0.4, -0.2) is 22.2 Å². The number of hydrogen-bond acceptors (Lipinski definition) is 6. The summed E-state index contributed by atoms with van der Waals surface area (Å²) in [6.07, 6.45) is 4.37. The molecular weight excluding hydrogens is 378 g/mol. The lowest BCUT2D eigenvalue weighted by Crippen LogP contribution is -2.17. The number of nitrogens with one attached hydrogen (secondary N) is 1. The fraction of sp³-hybridized carbons (Fsp3) is 0. The number of nitrogens with zero attached hydrogens (tertiary/aromatic N) is 4. The molecule has 0 saturated carbocycles. The topological polar surface area (TPSA) is 99.3 Å². The van der Waals surface area contributed by atoms with Gasteiger partial charge in [0.25, 0.3) is 5.91 Å². The summed E-state index contributed by atoms with van der Waals surface area (Å²) in [5.74, 6) is -0.385. The van der Waals surface area contributed by atoms with E-state index in [-0.39, 0.29) is 5.75 Å². The highest BCUT2D eigenvalue weighted by molar-refractivity contribution is 5.95. The predicted octanol–water partition coefficient (Wildman–Crippen LogP) is 5.12. The second-order valence-corrected chi connectivity index (χ2v) is 6.38. The van der Waals surface area contributed by atoms with Crippen molar-refractivity contribution in [3.63, 3.8) is 0 Å². The third kappa shape index (κ3) is 4.36. The maximum atomic E-state index is 12.0. The fourth-order valence-corrected chi connectivity index (χ4v) is 2.84. The zero-order chi connectivity index (χ0) is 20.8. The van der Waals surface area contributed by atoms with E-state index < -0.39 is 5.91 Å². The Hall–Kier alpha value is -4.39. The van der Waals surface area contributed by atoms with Gasteiger partial charge in [0.05, 0.1) is 23.2 Å². The number of amides is 1. The number of hydrazone groups is 1. The van der Waals surface area contributed by atoms with Crippen LogP contribution in [0, 0.1) is 0 Å². The number of carbonyl (C=O) groups excluding carboxylic acids is 1. The first-order valence-electron chi connectivity index (χ1n) is 9.17. The summed E-state index contributed by atoms with van der Waals surface area (Å²) in [5.41, 5.74) is 4.47. The normalized spacial score (nSPS) is 11.3. The Kier molecular flexibility index (Phi) is 5.52. The van der Waals surface area contributed by atoms with Crippen LogP contribution in [0.3, 0.4) is 0 Å². The van der Waals surface area contributed by atoms with Crippen LogP contribution in [0.2, 0.25) is 0 Å². The van der Waals surface area contributed by atoms with Crippen molar-refractivity contribution in [2.45, 2.75) is 0 Å². The summed E-state index contributed by atoms with van der Waals surface area (Å²) in [5, 5.41) is 24.7. The van der Waals surface area contributed by atoms with E-state index >= 15 is 0 Å². The van der Waals surface area contributed by atoms with Crippen LogP contribution in [0.15, 0.2) is 101 Å². The third-order valence-electron chi connectivity index (χ3n) is 4.34. The molecule has 1 amide bonds. The average Bonchev–Trinajstić information content (AvgIpc) is 2.80. The van der Waals surface area contributed by atoms with Gasteiger partial charge in [-0.05, 0) is 41.8 Å². The highest BCUT2D eigenvalue weighted by Crippen LogP contribution is 2.28. The minimum absolute atomic E-state index is 0.0125. The number of phenols is 1. The number of azo groups is 1. The zero-order valence-corrected chi connectivity index (χ0v) is 15.8. The molecular formula is C23H17N5O2. The van der Waals surface area contributed by atoms with Crippen molar-refractivity contribution in [2.75, 3.05) is 0 Å². The van der Waals surface area contributed by atoms with E-state index in [1.54, 1.807) is 30.5 Å². The van der Waals surface area contributed by atoms with E-state index in [4.69, 9.17) is 0 Å². The van der Waals surface area contributed by atoms with Crippen LogP contribution in [0.1, 0.15) is 15.9 Å². The Morgan fingerprint density at radius 2 is 1.83 bits per heavy atom. The second kappa shape index (κ2) is 8.74. The molecule has 0 atom stereocenters. The maximum Gasteiger partial charge on any atom is 0.272 e. The second-order valence-electron chi connectivity index (χ2n) is 6.38. The Bertz CT molecular complexity index is 1250. The molecule has 146 valence electrons. The Labute approximate surface area is 172 Å². The molecule has 1 aromatic heterocycles. The molecule has 0 saturated heterocycles. The van der Waals surface area contributed by atoms with Gasteiger partial charge in [0, 0.05) is 23.3 Å². The third-order valence-corrected chi connectivity index (χ3v) is 4.34. The van der Waals surface area contributed by atoms with Crippen molar-refractivity contribution in [1.82, 2.24) is 10.4 Å². The quantitative estimate of drug-likeness (QED) is 0.279. The minimum Gasteiger partial charge on any atom is -0.507 e. The van der Waals surface area contributed by atoms with Crippen molar-refractivity contribution in [3.8, 4) is 5.75 Å². The van der Waals surface area contributed by atoms with Gasteiger partial charge in [-0.15, -0.1) is 5.11 Å². The smallest absolute Gasteiger partial charge is 0.272 e. The lowest BCUT2D eigenvalue weighted by Gasteiger charge is -2.02. The van der Waals surface area contributed by atoms with Gasteiger partial charge in [-0.1, -0.05) is 36.4 Å². The van der Waals surface area contributed by atoms with Crippen LogP contribution in [0.4, 0.5) is 11.4 Å². The van der Waals surface area contributed by atoms with Crippen molar-refractivity contribution < 1.29 is 9.90 Å². The molecule has 0 aliphatic heterocycles. The first-order chi connectivity index (χ1) is 14.7. The number of phenolic OH excluding ortho intramolecular Hbond substituents is 1. The molecule has 0 spiro atoms. The van der Waals surface area contributed by atoms with Gasteiger partial charge in [0.1, 0.15) is 5.75 Å². The molecule has 0 radical (unpaired) electrons. The molecule has 2 N–H and O–H groups in total.